The second kappa shape index (κ2) is 5.38. The maximum atomic E-state index is 11.6. The highest BCUT2D eigenvalue weighted by Crippen LogP contribution is 2.29. The minimum Gasteiger partial charge on any atom is -0.481 e. The first-order valence-corrected chi connectivity index (χ1v) is 6.42. The SMILES string of the molecule is O=C(O)C1CCC(CN2CCCNC2=O)CC1. The zero-order chi connectivity index (χ0) is 12.3. The molecule has 2 rings (SSSR count). The largest absolute Gasteiger partial charge is 0.481 e. The second-order valence-electron chi connectivity index (χ2n) is 5.09. The van der Waals surface area contributed by atoms with E-state index in [1.54, 1.807) is 0 Å². The van der Waals surface area contributed by atoms with E-state index in [0.29, 0.717) is 5.92 Å². The van der Waals surface area contributed by atoms with E-state index >= 15 is 0 Å². The van der Waals surface area contributed by atoms with Gasteiger partial charge in [0.15, 0.2) is 0 Å². The van der Waals surface area contributed by atoms with Gasteiger partial charge in [0.25, 0.3) is 0 Å². The van der Waals surface area contributed by atoms with Gasteiger partial charge in [-0.05, 0) is 38.0 Å². The van der Waals surface area contributed by atoms with Crippen molar-refractivity contribution in [2.45, 2.75) is 32.1 Å². The molecule has 5 nitrogen and oxygen atoms in total. The van der Waals surface area contributed by atoms with Gasteiger partial charge in [-0.2, -0.15) is 0 Å². The number of rotatable bonds is 3. The van der Waals surface area contributed by atoms with E-state index in [1.165, 1.54) is 0 Å². The Balaban J connectivity index is 1.77. The molecule has 17 heavy (non-hydrogen) atoms. The summed E-state index contributed by atoms with van der Waals surface area (Å²) in [6, 6.07) is 0.0385. The molecule has 0 spiro atoms. The minimum absolute atomic E-state index is 0.0385. The predicted molar refractivity (Wildman–Crippen MR) is 62.7 cm³/mol. The average molecular weight is 240 g/mol. The average Bonchev–Trinajstić information content (AvgIpc) is 2.33. The van der Waals surface area contributed by atoms with Crippen LogP contribution in [0.25, 0.3) is 0 Å². The third kappa shape index (κ3) is 3.11. The molecule has 0 atom stereocenters. The molecule has 1 saturated carbocycles. The maximum Gasteiger partial charge on any atom is 0.317 e. The molecule has 1 aliphatic heterocycles. The van der Waals surface area contributed by atoms with Crippen LogP contribution in [0.1, 0.15) is 32.1 Å². The minimum atomic E-state index is -0.667. The summed E-state index contributed by atoms with van der Waals surface area (Å²) in [7, 11) is 0. The Labute approximate surface area is 101 Å². The fraction of sp³-hybridized carbons (Fsp3) is 0.833. The molecule has 0 unspecified atom stereocenters. The summed E-state index contributed by atoms with van der Waals surface area (Å²) in [5, 5.41) is 11.8. The smallest absolute Gasteiger partial charge is 0.317 e. The Morgan fingerprint density at radius 3 is 2.65 bits per heavy atom. The number of carbonyl (C=O) groups is 2. The quantitative estimate of drug-likeness (QED) is 0.781. The van der Waals surface area contributed by atoms with Crippen LogP contribution in [0.5, 0.6) is 0 Å². The number of amides is 2. The van der Waals surface area contributed by atoms with Crippen LogP contribution < -0.4 is 5.32 Å². The lowest BCUT2D eigenvalue weighted by Gasteiger charge is -2.33. The lowest BCUT2D eigenvalue weighted by Crippen LogP contribution is -2.48. The van der Waals surface area contributed by atoms with Crippen LogP contribution in [0, 0.1) is 11.8 Å². The summed E-state index contributed by atoms with van der Waals surface area (Å²) in [6.07, 6.45) is 4.39. The van der Waals surface area contributed by atoms with Gasteiger partial charge >= 0.3 is 12.0 Å². The summed E-state index contributed by atoms with van der Waals surface area (Å²) >= 11 is 0. The molecular formula is C12H20N2O3. The molecule has 0 radical (unpaired) electrons. The number of aliphatic carboxylic acids is 1. The standard InChI is InChI=1S/C12H20N2O3/c15-11(16)10-4-2-9(3-5-10)8-14-7-1-6-13-12(14)17/h9-10H,1-8H2,(H,13,17)(H,15,16). The molecule has 1 heterocycles. The molecule has 2 amide bonds. The topological polar surface area (TPSA) is 69.6 Å². The van der Waals surface area contributed by atoms with Gasteiger partial charge in [-0.15, -0.1) is 0 Å². The van der Waals surface area contributed by atoms with Gasteiger partial charge in [-0.25, -0.2) is 4.79 Å². The number of urea groups is 1. The van der Waals surface area contributed by atoms with E-state index in [9.17, 15) is 9.59 Å². The lowest BCUT2D eigenvalue weighted by molar-refractivity contribution is -0.143. The van der Waals surface area contributed by atoms with Crippen LogP contribution in [0.15, 0.2) is 0 Å². The number of carboxylic acid groups (broad SMARTS) is 1. The van der Waals surface area contributed by atoms with Crippen LogP contribution in [-0.4, -0.2) is 41.6 Å². The van der Waals surface area contributed by atoms with Crippen molar-refractivity contribution in [1.82, 2.24) is 10.2 Å². The van der Waals surface area contributed by atoms with Crippen molar-refractivity contribution in [3.8, 4) is 0 Å². The number of carboxylic acids is 1. The normalized spacial score (nSPS) is 29.9. The van der Waals surface area contributed by atoms with Gasteiger partial charge in [-0.3, -0.25) is 4.79 Å². The summed E-state index contributed by atoms with van der Waals surface area (Å²) < 4.78 is 0. The van der Waals surface area contributed by atoms with Crippen molar-refractivity contribution in [3.05, 3.63) is 0 Å². The summed E-state index contributed by atoms with van der Waals surface area (Å²) in [5.41, 5.74) is 0. The van der Waals surface area contributed by atoms with Gasteiger partial charge < -0.3 is 15.3 Å². The third-order valence-electron chi connectivity index (χ3n) is 3.84. The molecular weight excluding hydrogens is 220 g/mol. The maximum absolute atomic E-state index is 11.6. The first-order chi connectivity index (χ1) is 8.16. The van der Waals surface area contributed by atoms with Gasteiger partial charge in [0.05, 0.1) is 5.92 Å². The van der Waals surface area contributed by atoms with Gasteiger partial charge in [0.2, 0.25) is 0 Å². The third-order valence-corrected chi connectivity index (χ3v) is 3.84. The number of carbonyl (C=O) groups excluding carboxylic acids is 1. The number of hydrogen-bond acceptors (Lipinski definition) is 2. The van der Waals surface area contributed by atoms with E-state index < -0.39 is 5.97 Å². The Bertz CT molecular complexity index is 298. The van der Waals surface area contributed by atoms with E-state index in [1.807, 2.05) is 4.90 Å². The summed E-state index contributed by atoms with van der Waals surface area (Å²) in [6.45, 7) is 2.41. The summed E-state index contributed by atoms with van der Waals surface area (Å²) in [5.74, 6) is -0.352. The zero-order valence-corrected chi connectivity index (χ0v) is 10.0. The highest BCUT2D eigenvalue weighted by molar-refractivity contribution is 5.74. The first kappa shape index (κ1) is 12.2. The summed E-state index contributed by atoms with van der Waals surface area (Å²) in [4.78, 5) is 24.3. The Hall–Kier alpha value is -1.26. The zero-order valence-electron chi connectivity index (χ0n) is 10.0. The monoisotopic (exact) mass is 240 g/mol. The van der Waals surface area contributed by atoms with Crippen LogP contribution in [0.4, 0.5) is 4.79 Å². The second-order valence-corrected chi connectivity index (χ2v) is 5.09. The number of nitrogens with one attached hydrogen (secondary N) is 1. The molecule has 2 fully saturated rings. The van der Waals surface area contributed by atoms with Crippen molar-refractivity contribution in [2.75, 3.05) is 19.6 Å². The van der Waals surface area contributed by atoms with Crippen molar-refractivity contribution < 1.29 is 14.7 Å². The molecule has 0 aromatic carbocycles. The molecule has 0 aromatic rings. The predicted octanol–water partition coefficient (Wildman–Crippen LogP) is 1.29. The highest BCUT2D eigenvalue weighted by atomic mass is 16.4. The van der Waals surface area contributed by atoms with Crippen LogP contribution in [0.3, 0.4) is 0 Å². The van der Waals surface area contributed by atoms with Crippen molar-refractivity contribution >= 4 is 12.0 Å². The fourth-order valence-corrected chi connectivity index (χ4v) is 2.76. The van der Waals surface area contributed by atoms with E-state index in [-0.39, 0.29) is 11.9 Å². The molecule has 96 valence electrons. The Kier molecular flexibility index (Phi) is 3.86. The van der Waals surface area contributed by atoms with Gasteiger partial charge in [-0.1, -0.05) is 0 Å². The molecule has 0 aromatic heterocycles. The lowest BCUT2D eigenvalue weighted by atomic mass is 9.82. The van der Waals surface area contributed by atoms with Gasteiger partial charge in [0, 0.05) is 19.6 Å². The molecule has 0 bridgehead atoms. The Morgan fingerprint density at radius 1 is 1.35 bits per heavy atom. The Morgan fingerprint density at radius 2 is 2.06 bits per heavy atom. The molecule has 1 aliphatic carbocycles. The molecule has 1 saturated heterocycles. The van der Waals surface area contributed by atoms with Crippen LogP contribution in [-0.2, 0) is 4.79 Å². The van der Waals surface area contributed by atoms with Crippen molar-refractivity contribution in [2.24, 2.45) is 11.8 Å². The van der Waals surface area contributed by atoms with E-state index in [0.717, 1.165) is 51.7 Å². The van der Waals surface area contributed by atoms with E-state index in [2.05, 4.69) is 5.32 Å². The molecule has 2 aliphatic rings. The van der Waals surface area contributed by atoms with Crippen LogP contribution >= 0.6 is 0 Å². The van der Waals surface area contributed by atoms with Crippen molar-refractivity contribution in [1.29, 1.82) is 0 Å². The number of nitrogens with zero attached hydrogens (tertiary/aromatic N) is 1. The van der Waals surface area contributed by atoms with Gasteiger partial charge in [0.1, 0.15) is 0 Å². The molecule has 5 heteroatoms. The van der Waals surface area contributed by atoms with Crippen molar-refractivity contribution in [3.63, 3.8) is 0 Å². The van der Waals surface area contributed by atoms with E-state index in [4.69, 9.17) is 5.11 Å². The van der Waals surface area contributed by atoms with Crippen LogP contribution in [0.2, 0.25) is 0 Å². The first-order valence-electron chi connectivity index (χ1n) is 6.42. The fourth-order valence-electron chi connectivity index (χ4n) is 2.76. The highest BCUT2D eigenvalue weighted by Gasteiger charge is 2.28. The number of hydrogen-bond donors (Lipinski definition) is 2. The molecule has 2 N–H and O–H groups in total.